The zero-order valence-electron chi connectivity index (χ0n) is 11.4. The third kappa shape index (κ3) is 2.87. The summed E-state index contributed by atoms with van der Waals surface area (Å²) in [6, 6.07) is 0. The van der Waals surface area contributed by atoms with Crippen LogP contribution in [0.5, 0.6) is 0 Å². The molecule has 6 nitrogen and oxygen atoms in total. The minimum Gasteiger partial charge on any atom is -0.333 e. The van der Waals surface area contributed by atoms with E-state index >= 15 is 0 Å². The number of alkyl halides is 3. The summed E-state index contributed by atoms with van der Waals surface area (Å²) >= 11 is 0. The van der Waals surface area contributed by atoms with Gasteiger partial charge in [-0.1, -0.05) is 0 Å². The molecular formula is C12H16F3N5O. The van der Waals surface area contributed by atoms with Crippen molar-refractivity contribution in [1.82, 2.24) is 25.0 Å². The van der Waals surface area contributed by atoms with Crippen LogP contribution in [0.3, 0.4) is 0 Å². The molecule has 1 amide bonds. The van der Waals surface area contributed by atoms with Crippen LogP contribution in [0, 0.1) is 5.92 Å². The Balaban J connectivity index is 1.67. The molecule has 0 aromatic carbocycles. The lowest BCUT2D eigenvalue weighted by Crippen LogP contribution is -2.40. The van der Waals surface area contributed by atoms with Crippen molar-refractivity contribution < 1.29 is 18.0 Å². The van der Waals surface area contributed by atoms with Crippen LogP contribution in [0.1, 0.15) is 24.5 Å². The summed E-state index contributed by atoms with van der Waals surface area (Å²) in [5.74, 6) is -0.481. The molecule has 0 aliphatic carbocycles. The van der Waals surface area contributed by atoms with Gasteiger partial charge < -0.3 is 14.8 Å². The van der Waals surface area contributed by atoms with Crippen molar-refractivity contribution in [3.63, 3.8) is 0 Å². The van der Waals surface area contributed by atoms with Gasteiger partial charge in [0, 0.05) is 19.5 Å². The van der Waals surface area contributed by atoms with Crippen molar-refractivity contribution in [2.24, 2.45) is 5.92 Å². The van der Waals surface area contributed by atoms with Crippen molar-refractivity contribution in [2.75, 3.05) is 19.6 Å². The molecule has 3 rings (SSSR count). The molecule has 21 heavy (non-hydrogen) atoms. The molecule has 0 radical (unpaired) electrons. The second-order valence-electron chi connectivity index (χ2n) is 5.47. The first-order chi connectivity index (χ1) is 9.95. The second-order valence-corrected chi connectivity index (χ2v) is 5.47. The van der Waals surface area contributed by atoms with Crippen LogP contribution in [0.25, 0.3) is 0 Å². The number of carbonyl (C=O) groups is 1. The van der Waals surface area contributed by atoms with Gasteiger partial charge in [-0.25, -0.2) is 0 Å². The van der Waals surface area contributed by atoms with E-state index in [1.165, 1.54) is 0 Å². The van der Waals surface area contributed by atoms with Crippen LogP contribution < -0.4 is 5.32 Å². The highest BCUT2D eigenvalue weighted by molar-refractivity contribution is 5.76. The number of aromatic nitrogens is 3. The third-order valence-electron chi connectivity index (χ3n) is 3.99. The van der Waals surface area contributed by atoms with Crippen molar-refractivity contribution in [2.45, 2.75) is 32.1 Å². The SMILES string of the molecule is O=C(CC1CCNC1)N1CCn2c(nnc2C(F)(F)F)C1. The number of hydrogen-bond acceptors (Lipinski definition) is 4. The first-order valence-corrected chi connectivity index (χ1v) is 6.93. The Morgan fingerprint density at radius 2 is 2.14 bits per heavy atom. The van der Waals surface area contributed by atoms with E-state index in [1.54, 1.807) is 4.90 Å². The maximum atomic E-state index is 12.7. The van der Waals surface area contributed by atoms with E-state index in [2.05, 4.69) is 15.5 Å². The molecule has 2 aliphatic rings. The molecule has 2 aliphatic heterocycles. The van der Waals surface area contributed by atoms with E-state index in [0.29, 0.717) is 12.3 Å². The van der Waals surface area contributed by atoms with Crippen LogP contribution >= 0.6 is 0 Å². The Labute approximate surface area is 119 Å². The number of rotatable bonds is 2. The van der Waals surface area contributed by atoms with Gasteiger partial charge >= 0.3 is 6.18 Å². The maximum absolute atomic E-state index is 12.7. The fraction of sp³-hybridized carbons (Fsp3) is 0.750. The number of hydrogen-bond donors (Lipinski definition) is 1. The highest BCUT2D eigenvalue weighted by Gasteiger charge is 2.40. The molecule has 1 unspecified atom stereocenters. The Hall–Kier alpha value is -1.64. The largest absolute Gasteiger partial charge is 0.451 e. The third-order valence-corrected chi connectivity index (χ3v) is 3.99. The normalized spacial score (nSPS) is 22.4. The summed E-state index contributed by atoms with van der Waals surface area (Å²) in [5.41, 5.74) is 0. The minimum absolute atomic E-state index is 0.0218. The van der Waals surface area contributed by atoms with Crippen LogP contribution in [-0.2, 0) is 24.1 Å². The van der Waals surface area contributed by atoms with Crippen molar-refractivity contribution >= 4 is 5.91 Å². The Bertz CT molecular complexity index is 535. The Morgan fingerprint density at radius 1 is 1.33 bits per heavy atom. The molecule has 0 spiro atoms. The highest BCUT2D eigenvalue weighted by atomic mass is 19.4. The summed E-state index contributed by atoms with van der Waals surface area (Å²) in [7, 11) is 0. The molecule has 1 aromatic heterocycles. The molecule has 1 saturated heterocycles. The van der Waals surface area contributed by atoms with Gasteiger partial charge in [0.15, 0.2) is 5.82 Å². The molecule has 3 heterocycles. The molecule has 1 atom stereocenters. The smallest absolute Gasteiger partial charge is 0.333 e. The molecule has 1 fully saturated rings. The fourth-order valence-electron chi connectivity index (χ4n) is 2.85. The molecule has 116 valence electrons. The second kappa shape index (κ2) is 5.28. The lowest BCUT2D eigenvalue weighted by molar-refractivity contribution is -0.148. The van der Waals surface area contributed by atoms with E-state index in [0.717, 1.165) is 24.1 Å². The summed E-state index contributed by atoms with van der Waals surface area (Å²) in [6.07, 6.45) is -3.10. The quantitative estimate of drug-likeness (QED) is 0.871. The van der Waals surface area contributed by atoms with Crippen LogP contribution in [0.15, 0.2) is 0 Å². The summed E-state index contributed by atoms with van der Waals surface area (Å²) in [6.45, 7) is 2.20. The first-order valence-electron chi connectivity index (χ1n) is 6.93. The topological polar surface area (TPSA) is 63.1 Å². The lowest BCUT2D eigenvalue weighted by Gasteiger charge is -2.28. The average Bonchev–Trinajstić information content (AvgIpc) is 3.05. The number of halogens is 3. The van der Waals surface area contributed by atoms with Gasteiger partial charge in [0.05, 0.1) is 6.54 Å². The molecular weight excluding hydrogens is 287 g/mol. The van der Waals surface area contributed by atoms with Gasteiger partial charge in [-0.3, -0.25) is 4.79 Å². The van der Waals surface area contributed by atoms with Gasteiger partial charge in [0.25, 0.3) is 0 Å². The number of fused-ring (bicyclic) bond motifs is 1. The summed E-state index contributed by atoms with van der Waals surface area (Å²) < 4.78 is 39.2. The first kappa shape index (κ1) is 14.3. The van der Waals surface area contributed by atoms with Crippen LogP contribution in [0.4, 0.5) is 13.2 Å². The zero-order valence-corrected chi connectivity index (χ0v) is 11.4. The Morgan fingerprint density at radius 3 is 2.81 bits per heavy atom. The van der Waals surface area contributed by atoms with E-state index in [9.17, 15) is 18.0 Å². The monoisotopic (exact) mass is 303 g/mol. The Kier molecular flexibility index (Phi) is 3.60. The van der Waals surface area contributed by atoms with Gasteiger partial charge in [-0.05, 0) is 25.4 Å². The van der Waals surface area contributed by atoms with Gasteiger partial charge in [0.2, 0.25) is 11.7 Å². The molecule has 0 bridgehead atoms. The van der Waals surface area contributed by atoms with Crippen LogP contribution in [0.2, 0.25) is 0 Å². The van der Waals surface area contributed by atoms with Crippen LogP contribution in [-0.4, -0.2) is 45.2 Å². The van der Waals surface area contributed by atoms with Gasteiger partial charge in [0.1, 0.15) is 0 Å². The molecule has 1 aromatic rings. The van der Waals surface area contributed by atoms with Crippen molar-refractivity contribution in [3.05, 3.63) is 11.6 Å². The van der Waals surface area contributed by atoms with Crippen molar-refractivity contribution in [3.8, 4) is 0 Å². The minimum atomic E-state index is -4.51. The number of carbonyl (C=O) groups excluding carboxylic acids is 1. The lowest BCUT2D eigenvalue weighted by atomic mass is 10.0. The fourth-order valence-corrected chi connectivity index (χ4v) is 2.85. The average molecular weight is 303 g/mol. The van der Waals surface area contributed by atoms with Gasteiger partial charge in [-0.15, -0.1) is 10.2 Å². The van der Waals surface area contributed by atoms with E-state index in [1.807, 2.05) is 0 Å². The van der Waals surface area contributed by atoms with Gasteiger partial charge in [-0.2, -0.15) is 13.2 Å². The molecule has 9 heteroatoms. The molecule has 0 saturated carbocycles. The molecule has 1 N–H and O–H groups in total. The van der Waals surface area contributed by atoms with E-state index in [4.69, 9.17) is 0 Å². The standard InChI is InChI=1S/C12H16F3N5O/c13-12(14,15)11-18-17-9-7-19(3-4-20(9)11)10(21)5-8-1-2-16-6-8/h8,16H,1-7H2. The highest BCUT2D eigenvalue weighted by Crippen LogP contribution is 2.29. The maximum Gasteiger partial charge on any atom is 0.451 e. The van der Waals surface area contributed by atoms with E-state index in [-0.39, 0.29) is 31.4 Å². The number of nitrogens with zero attached hydrogens (tertiary/aromatic N) is 4. The summed E-state index contributed by atoms with van der Waals surface area (Å²) in [4.78, 5) is 13.8. The van der Waals surface area contributed by atoms with E-state index < -0.39 is 12.0 Å². The number of nitrogens with one attached hydrogen (secondary N) is 1. The zero-order chi connectivity index (χ0) is 15.0. The number of amides is 1. The van der Waals surface area contributed by atoms with Crippen molar-refractivity contribution in [1.29, 1.82) is 0 Å². The predicted octanol–water partition coefficient (Wildman–Crippen LogP) is 0.639. The predicted molar refractivity (Wildman–Crippen MR) is 66.0 cm³/mol. The summed E-state index contributed by atoms with van der Waals surface area (Å²) in [5, 5.41) is 9.97.